The molecular formula is C24H24F2N6O3S. The number of nitrogens with two attached hydrogens (primary N) is 1. The second kappa shape index (κ2) is 9.43. The highest BCUT2D eigenvalue weighted by molar-refractivity contribution is 7.21. The second-order valence-corrected chi connectivity index (χ2v) is 9.72. The summed E-state index contributed by atoms with van der Waals surface area (Å²) in [5.41, 5.74) is 6.92. The number of nitrogens with one attached hydrogen (secondary N) is 1. The predicted octanol–water partition coefficient (Wildman–Crippen LogP) is 4.48. The van der Waals surface area contributed by atoms with E-state index in [2.05, 4.69) is 20.3 Å². The summed E-state index contributed by atoms with van der Waals surface area (Å²) >= 11 is 0.851. The van der Waals surface area contributed by atoms with E-state index in [-0.39, 0.29) is 21.2 Å². The van der Waals surface area contributed by atoms with Gasteiger partial charge in [0.2, 0.25) is 0 Å². The lowest BCUT2D eigenvalue weighted by atomic mass is 10.0. The lowest BCUT2D eigenvalue weighted by molar-refractivity contribution is 0.0993. The molecule has 0 saturated carbocycles. The van der Waals surface area contributed by atoms with E-state index < -0.39 is 23.9 Å². The first-order chi connectivity index (χ1) is 17.2. The lowest BCUT2D eigenvalue weighted by Gasteiger charge is -2.12. The van der Waals surface area contributed by atoms with Crippen LogP contribution in [0.15, 0.2) is 28.8 Å². The van der Waals surface area contributed by atoms with Crippen molar-refractivity contribution in [3.63, 3.8) is 0 Å². The van der Waals surface area contributed by atoms with Crippen molar-refractivity contribution in [2.45, 2.75) is 32.7 Å². The number of carbonyl (C=O) groups is 2. The number of aryl methyl sites for hydroxylation is 1. The Morgan fingerprint density at radius 2 is 2.00 bits per heavy atom. The fourth-order valence-electron chi connectivity index (χ4n) is 4.42. The Balaban J connectivity index is 1.58. The molecule has 4 aromatic rings. The van der Waals surface area contributed by atoms with E-state index in [1.165, 1.54) is 6.07 Å². The van der Waals surface area contributed by atoms with Gasteiger partial charge in [0.1, 0.15) is 21.2 Å². The Bertz CT molecular complexity index is 1470. The quantitative estimate of drug-likeness (QED) is 0.375. The van der Waals surface area contributed by atoms with Crippen LogP contribution in [0.2, 0.25) is 0 Å². The van der Waals surface area contributed by atoms with Crippen LogP contribution in [0.1, 0.15) is 56.6 Å². The number of fused-ring (bicyclic) bond motifs is 1. The number of aromatic nitrogens is 3. The number of pyridine rings is 1. The number of amides is 2. The van der Waals surface area contributed by atoms with Gasteiger partial charge in [-0.1, -0.05) is 0 Å². The van der Waals surface area contributed by atoms with Crippen LogP contribution >= 0.6 is 11.3 Å². The van der Waals surface area contributed by atoms with Gasteiger partial charge in [0, 0.05) is 23.7 Å². The number of nitrogens with zero attached hydrogens (tertiary/aromatic N) is 4. The molecule has 4 aromatic heterocycles. The molecule has 0 aromatic carbocycles. The zero-order chi connectivity index (χ0) is 25.6. The van der Waals surface area contributed by atoms with E-state index in [4.69, 9.17) is 10.2 Å². The zero-order valence-corrected chi connectivity index (χ0v) is 20.5. The largest absolute Gasteiger partial charge is 0.455 e. The predicted molar refractivity (Wildman–Crippen MR) is 131 cm³/mol. The first-order valence-corrected chi connectivity index (χ1v) is 12.2. The Morgan fingerprint density at radius 3 is 2.64 bits per heavy atom. The number of anilines is 1. The summed E-state index contributed by atoms with van der Waals surface area (Å²) in [5.74, 6) is -0.677. The molecule has 5 rings (SSSR count). The molecule has 1 saturated heterocycles. The van der Waals surface area contributed by atoms with E-state index in [9.17, 15) is 18.4 Å². The van der Waals surface area contributed by atoms with E-state index in [1.807, 2.05) is 0 Å². The molecule has 36 heavy (non-hydrogen) atoms. The van der Waals surface area contributed by atoms with Gasteiger partial charge in [-0.25, -0.2) is 13.8 Å². The van der Waals surface area contributed by atoms with Crippen molar-refractivity contribution < 1.29 is 22.8 Å². The van der Waals surface area contributed by atoms with Crippen molar-refractivity contribution >= 4 is 39.1 Å². The van der Waals surface area contributed by atoms with Crippen LogP contribution < -0.4 is 11.1 Å². The smallest absolute Gasteiger partial charge is 0.291 e. The third-order valence-corrected chi connectivity index (χ3v) is 7.45. The van der Waals surface area contributed by atoms with E-state index in [0.29, 0.717) is 34.5 Å². The SMILES string of the molecule is Cc1c(-c2cc(C(F)F)nc3sc(C(N)=O)c(NC(=O)c4ccc(CN5CCCC5)o4)c23)cnn1C. The number of furan rings is 1. The van der Waals surface area contributed by atoms with Gasteiger partial charge in [-0.2, -0.15) is 5.10 Å². The molecule has 0 unspecified atom stereocenters. The molecule has 2 amide bonds. The fourth-order valence-corrected chi connectivity index (χ4v) is 5.43. The summed E-state index contributed by atoms with van der Waals surface area (Å²) in [5, 5.41) is 7.28. The van der Waals surface area contributed by atoms with Crippen LogP contribution in [0.3, 0.4) is 0 Å². The molecule has 1 fully saturated rings. The Kier molecular flexibility index (Phi) is 6.31. The Morgan fingerprint density at radius 1 is 1.25 bits per heavy atom. The van der Waals surface area contributed by atoms with Crippen LogP contribution in [0.25, 0.3) is 21.3 Å². The molecule has 9 nitrogen and oxygen atoms in total. The maximum Gasteiger partial charge on any atom is 0.291 e. The summed E-state index contributed by atoms with van der Waals surface area (Å²) in [6.45, 7) is 4.36. The highest BCUT2D eigenvalue weighted by Crippen LogP contribution is 2.43. The fraction of sp³-hybridized carbons (Fsp3) is 0.333. The average molecular weight is 515 g/mol. The van der Waals surface area contributed by atoms with Crippen LogP contribution in [0.4, 0.5) is 14.5 Å². The Hall–Kier alpha value is -3.64. The second-order valence-electron chi connectivity index (χ2n) is 8.72. The maximum absolute atomic E-state index is 13.7. The van der Waals surface area contributed by atoms with Crippen molar-refractivity contribution in [1.29, 1.82) is 0 Å². The van der Waals surface area contributed by atoms with Crippen molar-refractivity contribution in [3.8, 4) is 11.1 Å². The summed E-state index contributed by atoms with van der Waals surface area (Å²) < 4.78 is 34.7. The first kappa shape index (κ1) is 24.1. The topological polar surface area (TPSA) is 119 Å². The molecule has 1 aliphatic rings. The van der Waals surface area contributed by atoms with Gasteiger partial charge >= 0.3 is 0 Å². The number of thiophene rings is 1. The van der Waals surface area contributed by atoms with E-state index >= 15 is 0 Å². The van der Waals surface area contributed by atoms with Crippen molar-refractivity contribution in [3.05, 3.63) is 52.2 Å². The molecular weight excluding hydrogens is 490 g/mol. The van der Waals surface area contributed by atoms with Gasteiger partial charge in [0.15, 0.2) is 5.76 Å². The molecule has 0 aliphatic carbocycles. The molecule has 12 heteroatoms. The molecule has 0 bridgehead atoms. The average Bonchev–Trinajstić information content (AvgIpc) is 3.63. The minimum absolute atomic E-state index is 0.00362. The van der Waals surface area contributed by atoms with Gasteiger partial charge in [0.05, 0.1) is 18.4 Å². The molecule has 3 N–H and O–H groups in total. The molecule has 1 aliphatic heterocycles. The van der Waals surface area contributed by atoms with Crippen LogP contribution in [-0.4, -0.2) is 44.6 Å². The number of hydrogen-bond acceptors (Lipinski definition) is 7. The highest BCUT2D eigenvalue weighted by Gasteiger charge is 2.27. The number of rotatable bonds is 7. The Labute approximate surface area is 208 Å². The van der Waals surface area contributed by atoms with Gasteiger partial charge < -0.3 is 15.5 Å². The van der Waals surface area contributed by atoms with Crippen LogP contribution in [-0.2, 0) is 13.6 Å². The maximum atomic E-state index is 13.7. The lowest BCUT2D eigenvalue weighted by Crippen LogP contribution is -2.18. The number of halogens is 2. The zero-order valence-electron chi connectivity index (χ0n) is 19.7. The summed E-state index contributed by atoms with van der Waals surface area (Å²) in [4.78, 5) is 31.9. The first-order valence-electron chi connectivity index (χ1n) is 11.4. The molecule has 0 spiro atoms. The summed E-state index contributed by atoms with van der Waals surface area (Å²) in [6.07, 6.45) is 0.980. The number of carbonyl (C=O) groups excluding carboxylic acids is 2. The number of alkyl halides is 2. The molecule has 188 valence electrons. The highest BCUT2D eigenvalue weighted by atomic mass is 32.1. The third kappa shape index (κ3) is 4.37. The molecule has 0 atom stereocenters. The normalized spacial score (nSPS) is 14.2. The summed E-state index contributed by atoms with van der Waals surface area (Å²) in [7, 11) is 1.73. The monoisotopic (exact) mass is 514 g/mol. The van der Waals surface area contributed by atoms with Gasteiger partial charge in [0.25, 0.3) is 18.2 Å². The van der Waals surface area contributed by atoms with E-state index in [0.717, 1.165) is 37.3 Å². The molecule has 5 heterocycles. The summed E-state index contributed by atoms with van der Waals surface area (Å²) in [6, 6.07) is 4.57. The minimum Gasteiger partial charge on any atom is -0.455 e. The van der Waals surface area contributed by atoms with Crippen molar-refractivity contribution in [2.75, 3.05) is 18.4 Å². The van der Waals surface area contributed by atoms with Gasteiger partial charge in [-0.3, -0.25) is 19.2 Å². The number of primary amides is 1. The van der Waals surface area contributed by atoms with Crippen LogP contribution in [0, 0.1) is 6.92 Å². The van der Waals surface area contributed by atoms with E-state index in [1.54, 1.807) is 37.0 Å². The van der Waals surface area contributed by atoms with Crippen molar-refractivity contribution in [2.24, 2.45) is 12.8 Å². The molecule has 0 radical (unpaired) electrons. The third-order valence-electron chi connectivity index (χ3n) is 6.36. The van der Waals surface area contributed by atoms with Gasteiger partial charge in [-0.05, 0) is 56.6 Å². The standard InChI is InChI=1S/C24H24F2N6O3S/c1-12-15(10-28-31(12)2)14-9-16(21(25)26)29-24-18(14)19(20(36-24)22(27)33)30-23(34)17-6-5-13(35-17)11-32-7-3-4-8-32/h5-6,9-10,21H,3-4,7-8,11H2,1-2H3,(H2,27,33)(H,30,34). The van der Waals surface area contributed by atoms with Crippen molar-refractivity contribution in [1.82, 2.24) is 19.7 Å². The minimum atomic E-state index is -2.83. The van der Waals surface area contributed by atoms with Gasteiger partial charge in [-0.15, -0.1) is 11.3 Å². The number of likely N-dealkylation sites (tertiary alicyclic amines) is 1. The number of hydrogen-bond donors (Lipinski definition) is 2. The van der Waals surface area contributed by atoms with Crippen LogP contribution in [0.5, 0.6) is 0 Å².